The van der Waals surface area contributed by atoms with Crippen molar-refractivity contribution in [2.24, 2.45) is 11.8 Å². The van der Waals surface area contributed by atoms with Gasteiger partial charge in [0.1, 0.15) is 12.2 Å². The molecule has 0 saturated carbocycles. The van der Waals surface area contributed by atoms with Crippen molar-refractivity contribution in [3.05, 3.63) is 35.4 Å². The average molecular weight is 503 g/mol. The molecule has 0 aliphatic heterocycles. The predicted octanol–water partition coefficient (Wildman–Crippen LogP) is 9.55. The molecular weight excluding hydrogens is 448 g/mol. The summed E-state index contributed by atoms with van der Waals surface area (Å²) in [5.41, 5.74) is 0.649. The first-order chi connectivity index (χ1) is 17.5. The van der Waals surface area contributed by atoms with E-state index in [9.17, 15) is 9.59 Å². The van der Waals surface area contributed by atoms with Gasteiger partial charge < -0.3 is 9.47 Å². The minimum atomic E-state index is -0.401. The Hall–Kier alpha value is -1.84. The van der Waals surface area contributed by atoms with Crippen LogP contribution >= 0.6 is 0 Å². The summed E-state index contributed by atoms with van der Waals surface area (Å²) in [6.07, 6.45) is 14.3. The lowest BCUT2D eigenvalue weighted by molar-refractivity contribution is 0.00352. The van der Waals surface area contributed by atoms with Gasteiger partial charge in [0.15, 0.2) is 0 Å². The monoisotopic (exact) mass is 502 g/mol. The van der Waals surface area contributed by atoms with Crippen LogP contribution in [0.1, 0.15) is 152 Å². The average Bonchev–Trinajstić information content (AvgIpc) is 2.90. The number of esters is 2. The first-order valence-corrected chi connectivity index (χ1v) is 15.0. The van der Waals surface area contributed by atoms with E-state index < -0.39 is 11.9 Å². The molecule has 206 valence electrons. The number of carbonyl (C=O) groups excluding carboxylic acids is 2. The fourth-order valence-corrected chi connectivity index (χ4v) is 5.07. The second-order valence-electron chi connectivity index (χ2n) is 10.3. The van der Waals surface area contributed by atoms with Crippen molar-refractivity contribution in [1.82, 2.24) is 0 Å². The van der Waals surface area contributed by atoms with Crippen molar-refractivity contribution < 1.29 is 19.1 Å². The lowest BCUT2D eigenvalue weighted by atomic mass is 9.90. The minimum absolute atomic E-state index is 0.117. The molecule has 4 unspecified atom stereocenters. The molecule has 0 heterocycles. The molecule has 0 aliphatic rings. The zero-order valence-electron chi connectivity index (χ0n) is 24.2. The third kappa shape index (κ3) is 11.0. The molecule has 0 aliphatic carbocycles. The molecule has 1 aromatic rings. The maximum absolute atomic E-state index is 13.4. The highest BCUT2D eigenvalue weighted by molar-refractivity contribution is 6.03. The van der Waals surface area contributed by atoms with Gasteiger partial charge in [-0.15, -0.1) is 0 Å². The van der Waals surface area contributed by atoms with Gasteiger partial charge in [0.05, 0.1) is 11.1 Å². The van der Waals surface area contributed by atoms with Crippen LogP contribution in [-0.2, 0) is 9.47 Å². The highest BCUT2D eigenvalue weighted by Crippen LogP contribution is 2.27. The molecule has 0 saturated heterocycles. The normalized spacial score (nSPS) is 14.6. The number of benzene rings is 1. The Morgan fingerprint density at radius 3 is 1.22 bits per heavy atom. The fourth-order valence-electron chi connectivity index (χ4n) is 5.07. The number of hydrogen-bond donors (Lipinski definition) is 0. The van der Waals surface area contributed by atoms with Crippen LogP contribution in [0, 0.1) is 11.8 Å². The van der Waals surface area contributed by atoms with Crippen LogP contribution in [0.5, 0.6) is 0 Å². The highest BCUT2D eigenvalue weighted by Gasteiger charge is 2.29. The summed E-state index contributed by atoms with van der Waals surface area (Å²) < 4.78 is 12.2. The van der Waals surface area contributed by atoms with Crippen LogP contribution in [0.25, 0.3) is 0 Å². The summed E-state index contributed by atoms with van der Waals surface area (Å²) in [6, 6.07) is 7.01. The molecule has 1 aromatic carbocycles. The Bertz CT molecular complexity index is 668. The van der Waals surface area contributed by atoms with Crippen molar-refractivity contribution in [3.8, 4) is 0 Å². The van der Waals surface area contributed by atoms with Crippen molar-refractivity contribution in [1.29, 1.82) is 0 Å². The van der Waals surface area contributed by atoms with E-state index in [2.05, 4.69) is 41.5 Å². The maximum atomic E-state index is 13.4. The van der Waals surface area contributed by atoms with E-state index in [0.29, 0.717) is 23.0 Å². The van der Waals surface area contributed by atoms with Crippen LogP contribution in [0.15, 0.2) is 24.3 Å². The van der Waals surface area contributed by atoms with Gasteiger partial charge in [-0.3, -0.25) is 0 Å². The summed E-state index contributed by atoms with van der Waals surface area (Å²) in [6.45, 7) is 13.1. The number of ether oxygens (including phenoxy) is 2. The molecule has 0 N–H and O–H groups in total. The largest absolute Gasteiger partial charge is 0.458 e. The van der Waals surface area contributed by atoms with Crippen LogP contribution in [0.2, 0.25) is 0 Å². The molecule has 4 atom stereocenters. The Morgan fingerprint density at radius 1 is 0.583 bits per heavy atom. The van der Waals surface area contributed by atoms with Crippen molar-refractivity contribution in [2.75, 3.05) is 0 Å². The predicted molar refractivity (Wildman–Crippen MR) is 151 cm³/mol. The van der Waals surface area contributed by atoms with Gasteiger partial charge >= 0.3 is 11.9 Å². The van der Waals surface area contributed by atoms with Crippen LogP contribution in [-0.4, -0.2) is 24.1 Å². The Kier molecular flexibility index (Phi) is 17.3. The maximum Gasteiger partial charge on any atom is 0.339 e. The van der Waals surface area contributed by atoms with Crippen molar-refractivity contribution in [2.45, 2.75) is 144 Å². The quantitative estimate of drug-likeness (QED) is 0.167. The Morgan fingerprint density at radius 2 is 0.917 bits per heavy atom. The minimum Gasteiger partial charge on any atom is -0.458 e. The van der Waals surface area contributed by atoms with Gasteiger partial charge in [-0.05, 0) is 62.5 Å². The smallest absolute Gasteiger partial charge is 0.339 e. The molecule has 0 bridgehead atoms. The summed E-state index contributed by atoms with van der Waals surface area (Å²) in [7, 11) is 0. The topological polar surface area (TPSA) is 52.6 Å². The number of carbonyl (C=O) groups is 2. The van der Waals surface area contributed by atoms with Crippen LogP contribution < -0.4 is 0 Å². The van der Waals surface area contributed by atoms with Gasteiger partial charge in [-0.2, -0.15) is 0 Å². The number of hydrogen-bond acceptors (Lipinski definition) is 4. The van der Waals surface area contributed by atoms with Crippen LogP contribution in [0.3, 0.4) is 0 Å². The molecule has 0 spiro atoms. The highest BCUT2D eigenvalue weighted by atomic mass is 16.6. The summed E-state index contributed by atoms with van der Waals surface area (Å²) in [5, 5.41) is 0. The van der Waals surface area contributed by atoms with Crippen LogP contribution in [0.4, 0.5) is 0 Å². The molecule has 0 aromatic heterocycles. The lowest BCUT2D eigenvalue weighted by Crippen LogP contribution is -2.29. The van der Waals surface area contributed by atoms with Gasteiger partial charge in [0.2, 0.25) is 0 Å². The zero-order valence-corrected chi connectivity index (χ0v) is 24.2. The van der Waals surface area contributed by atoms with E-state index in [0.717, 1.165) is 89.9 Å². The van der Waals surface area contributed by atoms with E-state index in [1.165, 1.54) is 0 Å². The second-order valence-corrected chi connectivity index (χ2v) is 10.3. The summed E-state index contributed by atoms with van der Waals surface area (Å²) in [5.74, 6) is -0.104. The molecule has 0 radical (unpaired) electrons. The molecule has 4 nitrogen and oxygen atoms in total. The van der Waals surface area contributed by atoms with E-state index in [4.69, 9.17) is 9.47 Å². The Labute approximate surface area is 221 Å². The summed E-state index contributed by atoms with van der Waals surface area (Å²) >= 11 is 0. The van der Waals surface area contributed by atoms with Crippen molar-refractivity contribution in [3.63, 3.8) is 0 Å². The molecule has 0 amide bonds. The standard InChI is InChI=1S/C32H54O4/c1-7-13-19-25(11-5)29(23-15-9-3)35-31(33)27-21-17-18-22-28(27)32(34)36-30(24-16-10-4)26(12-6)20-14-8-2/h17-18,21-22,25-26,29-30H,7-16,19-20,23-24H2,1-6H3. The first-order valence-electron chi connectivity index (χ1n) is 15.0. The molecule has 1 rings (SSSR count). The molecular formula is C32H54O4. The molecule has 4 heteroatoms. The molecule has 36 heavy (non-hydrogen) atoms. The SMILES string of the molecule is CCCCC(CC)C(CCCC)OC(=O)c1ccccc1C(=O)OC(CCCC)C(CC)CCCC. The Balaban J connectivity index is 3.11. The van der Waals surface area contributed by atoms with E-state index in [-0.39, 0.29) is 12.2 Å². The van der Waals surface area contributed by atoms with Crippen molar-refractivity contribution >= 4 is 11.9 Å². The van der Waals surface area contributed by atoms with E-state index in [1.807, 2.05) is 0 Å². The van der Waals surface area contributed by atoms with Gasteiger partial charge in [0.25, 0.3) is 0 Å². The zero-order chi connectivity index (χ0) is 26.8. The third-order valence-electron chi connectivity index (χ3n) is 7.53. The van der Waals surface area contributed by atoms with Gasteiger partial charge in [-0.25, -0.2) is 9.59 Å². The van der Waals surface area contributed by atoms with Gasteiger partial charge in [-0.1, -0.05) is 105 Å². The second kappa shape index (κ2) is 19.3. The fraction of sp³-hybridized carbons (Fsp3) is 0.750. The third-order valence-corrected chi connectivity index (χ3v) is 7.53. The van der Waals surface area contributed by atoms with E-state index >= 15 is 0 Å². The number of unbranched alkanes of at least 4 members (excludes halogenated alkanes) is 4. The van der Waals surface area contributed by atoms with Gasteiger partial charge in [0, 0.05) is 0 Å². The first kappa shape index (κ1) is 32.2. The number of rotatable bonds is 20. The lowest BCUT2D eigenvalue weighted by Gasteiger charge is -2.28. The summed E-state index contributed by atoms with van der Waals surface area (Å²) in [4.78, 5) is 26.8. The molecule has 0 fully saturated rings. The van der Waals surface area contributed by atoms with E-state index in [1.54, 1.807) is 24.3 Å².